The van der Waals surface area contributed by atoms with Crippen molar-refractivity contribution in [3.05, 3.63) is 35.4 Å². The summed E-state index contributed by atoms with van der Waals surface area (Å²) in [6.45, 7) is 2.94. The van der Waals surface area contributed by atoms with Crippen LogP contribution in [0.4, 0.5) is 0 Å². The molecule has 88 valence electrons. The number of alkyl halides is 1. The van der Waals surface area contributed by atoms with Crippen molar-refractivity contribution >= 4 is 21.8 Å². The lowest BCUT2D eigenvalue weighted by molar-refractivity contribution is -0.120. The Labute approximate surface area is 104 Å². The second-order valence-corrected chi connectivity index (χ2v) is 4.96. The fourth-order valence-electron chi connectivity index (χ4n) is 1.33. The van der Waals surface area contributed by atoms with Crippen LogP contribution in [0, 0.1) is 0 Å². The highest BCUT2D eigenvalue weighted by molar-refractivity contribution is 9.10. The Morgan fingerprint density at radius 1 is 1.50 bits per heavy atom. The Balaban J connectivity index is 2.53. The predicted octanol–water partition coefficient (Wildman–Crippen LogP) is 2.23. The van der Waals surface area contributed by atoms with E-state index in [1.54, 1.807) is 14.0 Å². The molecule has 0 heterocycles. The van der Waals surface area contributed by atoms with Gasteiger partial charge in [-0.1, -0.05) is 40.2 Å². The lowest BCUT2D eigenvalue weighted by atomic mass is 10.1. The summed E-state index contributed by atoms with van der Waals surface area (Å²) in [5, 5.41) is 2.84. The zero-order chi connectivity index (χ0) is 12.0. The highest BCUT2D eigenvalue weighted by Gasteiger charge is 2.07. The molecule has 0 saturated heterocycles. The highest BCUT2D eigenvalue weighted by atomic mass is 79.9. The third-order valence-corrected chi connectivity index (χ3v) is 2.55. The van der Waals surface area contributed by atoms with E-state index in [1.165, 1.54) is 0 Å². The Bertz CT molecular complexity index is 353. The summed E-state index contributed by atoms with van der Waals surface area (Å²) in [7, 11) is 1.67. The van der Waals surface area contributed by atoms with Crippen LogP contribution < -0.4 is 5.32 Å². The zero-order valence-corrected chi connectivity index (χ0v) is 11.1. The van der Waals surface area contributed by atoms with E-state index in [0.29, 0.717) is 13.2 Å². The molecule has 1 amide bonds. The molecule has 0 aliphatic carbocycles. The maximum absolute atomic E-state index is 11.3. The van der Waals surface area contributed by atoms with Gasteiger partial charge in [0.1, 0.15) is 0 Å². The van der Waals surface area contributed by atoms with Gasteiger partial charge >= 0.3 is 0 Å². The van der Waals surface area contributed by atoms with Gasteiger partial charge in [0.05, 0.1) is 11.4 Å². The Kier molecular flexibility index (Phi) is 5.49. The third-order valence-electron chi connectivity index (χ3n) is 2.13. The minimum atomic E-state index is -0.158. The molecule has 1 atom stereocenters. The number of amides is 1. The number of hydrogen-bond donors (Lipinski definition) is 1. The molecule has 0 bridgehead atoms. The molecule has 16 heavy (non-hydrogen) atoms. The average molecular weight is 286 g/mol. The molecule has 0 spiro atoms. The average Bonchev–Trinajstić information content (AvgIpc) is 2.26. The van der Waals surface area contributed by atoms with E-state index in [1.807, 2.05) is 24.3 Å². The second-order valence-electron chi connectivity index (χ2n) is 3.59. The van der Waals surface area contributed by atoms with Crippen LogP contribution in [0.3, 0.4) is 0 Å². The molecule has 0 aliphatic rings. The molecule has 1 unspecified atom stereocenters. The number of benzene rings is 1. The van der Waals surface area contributed by atoms with Gasteiger partial charge in [0.2, 0.25) is 5.91 Å². The Hall–Kier alpha value is -0.870. The van der Waals surface area contributed by atoms with Crippen molar-refractivity contribution in [3.63, 3.8) is 0 Å². The van der Waals surface area contributed by atoms with Gasteiger partial charge < -0.3 is 10.1 Å². The molecule has 1 aromatic rings. The van der Waals surface area contributed by atoms with Crippen molar-refractivity contribution in [1.29, 1.82) is 0 Å². The maximum atomic E-state index is 11.3. The molecule has 1 N–H and O–H groups in total. The molecule has 3 nitrogen and oxygen atoms in total. The maximum Gasteiger partial charge on any atom is 0.233 e. The van der Waals surface area contributed by atoms with Crippen molar-refractivity contribution in [2.45, 2.75) is 24.9 Å². The standard InChI is InChI=1S/C12H16BrNO2/c1-9(13)12(15)14-7-10-4-3-5-11(6-10)8-16-2/h3-6,9H,7-8H2,1-2H3,(H,14,15). The quantitative estimate of drug-likeness (QED) is 0.843. The van der Waals surface area contributed by atoms with Gasteiger partial charge in [-0.3, -0.25) is 4.79 Å². The summed E-state index contributed by atoms with van der Waals surface area (Å²) in [5.41, 5.74) is 2.19. The fraction of sp³-hybridized carbons (Fsp3) is 0.417. The van der Waals surface area contributed by atoms with Crippen LogP contribution in [-0.4, -0.2) is 17.8 Å². The first-order chi connectivity index (χ1) is 7.63. The predicted molar refractivity (Wildman–Crippen MR) is 67.4 cm³/mol. The van der Waals surface area contributed by atoms with Crippen molar-refractivity contribution in [2.24, 2.45) is 0 Å². The van der Waals surface area contributed by atoms with Gasteiger partial charge in [0, 0.05) is 13.7 Å². The van der Waals surface area contributed by atoms with E-state index in [2.05, 4.69) is 21.2 Å². The van der Waals surface area contributed by atoms with Crippen LogP contribution in [0.25, 0.3) is 0 Å². The fourth-order valence-corrected chi connectivity index (χ4v) is 1.49. The molecule has 0 fully saturated rings. The first-order valence-electron chi connectivity index (χ1n) is 5.12. The Morgan fingerprint density at radius 2 is 2.19 bits per heavy atom. The molecule has 0 radical (unpaired) electrons. The van der Waals surface area contributed by atoms with E-state index in [0.717, 1.165) is 11.1 Å². The summed E-state index contributed by atoms with van der Waals surface area (Å²) in [6.07, 6.45) is 0. The summed E-state index contributed by atoms with van der Waals surface area (Å²) >= 11 is 3.22. The zero-order valence-electron chi connectivity index (χ0n) is 9.50. The Morgan fingerprint density at radius 3 is 2.81 bits per heavy atom. The summed E-state index contributed by atoms with van der Waals surface area (Å²) in [5.74, 6) is -0.00264. The number of halogens is 1. The number of carbonyl (C=O) groups is 1. The van der Waals surface area contributed by atoms with E-state index in [-0.39, 0.29) is 10.7 Å². The van der Waals surface area contributed by atoms with Gasteiger partial charge in [0.15, 0.2) is 0 Å². The first-order valence-corrected chi connectivity index (χ1v) is 6.03. The van der Waals surface area contributed by atoms with Gasteiger partial charge in [-0.05, 0) is 18.1 Å². The van der Waals surface area contributed by atoms with Crippen LogP contribution in [-0.2, 0) is 22.7 Å². The minimum Gasteiger partial charge on any atom is -0.380 e. The van der Waals surface area contributed by atoms with E-state index in [9.17, 15) is 4.79 Å². The summed E-state index contributed by atoms with van der Waals surface area (Å²) < 4.78 is 5.05. The molecule has 4 heteroatoms. The molecule has 1 rings (SSSR count). The first kappa shape index (κ1) is 13.2. The van der Waals surface area contributed by atoms with Crippen molar-refractivity contribution in [2.75, 3.05) is 7.11 Å². The summed E-state index contributed by atoms with van der Waals surface area (Å²) in [4.78, 5) is 11.2. The number of nitrogens with one attached hydrogen (secondary N) is 1. The number of hydrogen-bond acceptors (Lipinski definition) is 2. The molecule has 0 aromatic heterocycles. The monoisotopic (exact) mass is 285 g/mol. The highest BCUT2D eigenvalue weighted by Crippen LogP contribution is 2.06. The lowest BCUT2D eigenvalue weighted by Gasteiger charge is -2.08. The molecular formula is C12H16BrNO2. The summed E-state index contributed by atoms with van der Waals surface area (Å²) in [6, 6.07) is 7.98. The van der Waals surface area contributed by atoms with Crippen LogP contribution >= 0.6 is 15.9 Å². The largest absolute Gasteiger partial charge is 0.380 e. The van der Waals surface area contributed by atoms with Crippen LogP contribution in [0.15, 0.2) is 24.3 Å². The third kappa shape index (κ3) is 4.33. The van der Waals surface area contributed by atoms with Crippen molar-refractivity contribution in [3.8, 4) is 0 Å². The second kappa shape index (κ2) is 6.66. The van der Waals surface area contributed by atoms with E-state index in [4.69, 9.17) is 4.74 Å². The van der Waals surface area contributed by atoms with Crippen LogP contribution in [0.5, 0.6) is 0 Å². The molecular weight excluding hydrogens is 270 g/mol. The van der Waals surface area contributed by atoms with Crippen LogP contribution in [0.1, 0.15) is 18.1 Å². The SMILES string of the molecule is COCc1cccc(CNC(=O)C(C)Br)c1. The van der Waals surface area contributed by atoms with Gasteiger partial charge in [-0.15, -0.1) is 0 Å². The normalized spacial score (nSPS) is 12.2. The van der Waals surface area contributed by atoms with Gasteiger partial charge in [-0.2, -0.15) is 0 Å². The van der Waals surface area contributed by atoms with E-state index < -0.39 is 0 Å². The number of methoxy groups -OCH3 is 1. The number of ether oxygens (including phenoxy) is 1. The smallest absolute Gasteiger partial charge is 0.233 e. The molecule has 0 saturated carbocycles. The molecule has 1 aromatic carbocycles. The minimum absolute atomic E-state index is 0.00264. The van der Waals surface area contributed by atoms with Gasteiger partial charge in [0.25, 0.3) is 0 Å². The van der Waals surface area contributed by atoms with Gasteiger partial charge in [-0.25, -0.2) is 0 Å². The van der Waals surface area contributed by atoms with Crippen molar-refractivity contribution < 1.29 is 9.53 Å². The lowest BCUT2D eigenvalue weighted by Crippen LogP contribution is -2.28. The number of rotatable bonds is 5. The van der Waals surface area contributed by atoms with E-state index >= 15 is 0 Å². The van der Waals surface area contributed by atoms with Crippen molar-refractivity contribution in [1.82, 2.24) is 5.32 Å². The van der Waals surface area contributed by atoms with Crippen LogP contribution in [0.2, 0.25) is 0 Å². The number of carbonyl (C=O) groups excluding carboxylic acids is 1. The molecule has 0 aliphatic heterocycles. The topological polar surface area (TPSA) is 38.3 Å².